The summed E-state index contributed by atoms with van der Waals surface area (Å²) in [6.45, 7) is 2.81. The zero-order chi connectivity index (χ0) is 16.0. The lowest BCUT2D eigenvalue weighted by molar-refractivity contribution is -0.263. The molecule has 0 saturated carbocycles. The van der Waals surface area contributed by atoms with Crippen molar-refractivity contribution in [2.45, 2.75) is 38.8 Å². The van der Waals surface area contributed by atoms with Gasteiger partial charge in [0.15, 0.2) is 0 Å². The third kappa shape index (κ3) is 2.76. The Bertz CT molecular complexity index is 463. The fourth-order valence-corrected chi connectivity index (χ4v) is 1.52. The van der Waals surface area contributed by atoms with Gasteiger partial charge >= 0.3 is 18.0 Å². The number of rotatable bonds is 2. The maximum atomic E-state index is 13.8. The van der Waals surface area contributed by atoms with Gasteiger partial charge < -0.3 is 0 Å². The van der Waals surface area contributed by atoms with Gasteiger partial charge in [0.25, 0.3) is 0 Å². The number of hydrogen-bond donors (Lipinski definition) is 0. The van der Waals surface area contributed by atoms with Gasteiger partial charge in [0.2, 0.25) is 0 Å². The first kappa shape index (κ1) is 16.8. The minimum atomic E-state index is -4.71. The van der Waals surface area contributed by atoms with Gasteiger partial charge in [-0.25, -0.2) is 0 Å². The van der Waals surface area contributed by atoms with Gasteiger partial charge in [-0.2, -0.15) is 30.7 Å². The first-order chi connectivity index (χ1) is 8.71. The highest BCUT2D eigenvalue weighted by atomic mass is 19.4. The summed E-state index contributed by atoms with van der Waals surface area (Å²) in [4.78, 5) is 0. The first-order valence-corrected chi connectivity index (χ1v) is 5.64. The zero-order valence-electron chi connectivity index (χ0n) is 11.0. The van der Waals surface area contributed by atoms with Gasteiger partial charge in [-0.05, 0) is 12.1 Å². The molecule has 0 bridgehead atoms. The molecule has 20 heavy (non-hydrogen) atoms. The van der Waals surface area contributed by atoms with Crippen LogP contribution in [-0.4, -0.2) is 5.92 Å². The lowest BCUT2D eigenvalue weighted by Crippen LogP contribution is -2.48. The van der Waals surface area contributed by atoms with E-state index in [1.54, 1.807) is 0 Å². The van der Waals surface area contributed by atoms with Crippen LogP contribution >= 0.6 is 0 Å². The van der Waals surface area contributed by atoms with Crippen molar-refractivity contribution in [1.82, 2.24) is 0 Å². The summed E-state index contributed by atoms with van der Waals surface area (Å²) in [5.74, 6) is -8.96. The van der Waals surface area contributed by atoms with Crippen molar-refractivity contribution in [3.8, 4) is 0 Å². The summed E-state index contributed by atoms with van der Waals surface area (Å²) < 4.78 is 92.1. The van der Waals surface area contributed by atoms with Gasteiger partial charge in [-0.1, -0.05) is 32.9 Å². The standard InChI is InChI=1S/C13H13F7/c1-10(2,3)13(19,20)11(14,15)8-4-6-9(7-5-8)12(16,17)18/h4-7H,1-3H3. The molecule has 0 radical (unpaired) electrons. The van der Waals surface area contributed by atoms with E-state index in [0.717, 1.165) is 20.8 Å². The van der Waals surface area contributed by atoms with Crippen LogP contribution in [-0.2, 0) is 12.1 Å². The summed E-state index contributed by atoms with van der Waals surface area (Å²) in [5, 5.41) is 0. The number of halogens is 7. The highest BCUT2D eigenvalue weighted by Gasteiger charge is 2.63. The third-order valence-electron chi connectivity index (χ3n) is 2.91. The van der Waals surface area contributed by atoms with Crippen LogP contribution in [0.4, 0.5) is 30.7 Å². The van der Waals surface area contributed by atoms with E-state index in [2.05, 4.69) is 0 Å². The van der Waals surface area contributed by atoms with E-state index in [9.17, 15) is 30.7 Å². The van der Waals surface area contributed by atoms with Crippen molar-refractivity contribution in [1.29, 1.82) is 0 Å². The highest BCUT2D eigenvalue weighted by molar-refractivity contribution is 5.29. The fraction of sp³-hybridized carbons (Fsp3) is 0.538. The van der Waals surface area contributed by atoms with Crippen LogP contribution in [0.15, 0.2) is 24.3 Å². The Morgan fingerprint density at radius 3 is 1.30 bits per heavy atom. The summed E-state index contributed by atoms with van der Waals surface area (Å²) >= 11 is 0. The van der Waals surface area contributed by atoms with E-state index in [1.807, 2.05) is 0 Å². The van der Waals surface area contributed by atoms with Crippen LogP contribution in [0.3, 0.4) is 0 Å². The second-order valence-electron chi connectivity index (χ2n) is 5.47. The summed E-state index contributed by atoms with van der Waals surface area (Å²) in [5.41, 5.74) is -4.36. The molecular formula is C13H13F7. The number of hydrogen-bond acceptors (Lipinski definition) is 0. The SMILES string of the molecule is CC(C)(C)C(F)(F)C(F)(F)c1ccc(C(F)(F)F)cc1. The molecule has 0 atom stereocenters. The molecule has 0 aliphatic carbocycles. The fourth-order valence-electron chi connectivity index (χ4n) is 1.52. The molecule has 0 heterocycles. The van der Waals surface area contributed by atoms with Gasteiger partial charge in [0, 0.05) is 11.0 Å². The average Bonchev–Trinajstić information content (AvgIpc) is 2.26. The highest BCUT2D eigenvalue weighted by Crippen LogP contribution is 2.52. The lowest BCUT2D eigenvalue weighted by atomic mass is 9.81. The number of benzene rings is 1. The molecule has 1 rings (SSSR count). The van der Waals surface area contributed by atoms with Gasteiger partial charge in [-0.3, -0.25) is 0 Å². The van der Waals surface area contributed by atoms with Crippen molar-refractivity contribution in [3.05, 3.63) is 35.4 Å². The second kappa shape index (κ2) is 4.63. The van der Waals surface area contributed by atoms with Gasteiger partial charge in [0.1, 0.15) is 0 Å². The molecule has 0 aliphatic rings. The van der Waals surface area contributed by atoms with Gasteiger partial charge in [0.05, 0.1) is 5.56 Å². The van der Waals surface area contributed by atoms with Crippen LogP contribution in [0, 0.1) is 5.41 Å². The third-order valence-corrected chi connectivity index (χ3v) is 2.91. The Kier molecular flexibility index (Phi) is 3.89. The number of alkyl halides is 7. The van der Waals surface area contributed by atoms with E-state index < -0.39 is 34.6 Å². The summed E-state index contributed by atoms with van der Waals surface area (Å²) in [6.07, 6.45) is -4.71. The maximum Gasteiger partial charge on any atom is 0.416 e. The lowest BCUT2D eigenvalue weighted by Gasteiger charge is -2.36. The predicted octanol–water partition coefficient (Wildman–Crippen LogP) is 5.48. The summed E-state index contributed by atoms with van der Waals surface area (Å²) in [7, 11) is 0. The molecule has 0 saturated heterocycles. The molecule has 0 spiro atoms. The van der Waals surface area contributed by atoms with Crippen LogP contribution in [0.2, 0.25) is 0 Å². The smallest absolute Gasteiger partial charge is 0.199 e. The first-order valence-electron chi connectivity index (χ1n) is 5.64. The molecule has 7 heteroatoms. The molecule has 114 valence electrons. The molecular weight excluding hydrogens is 289 g/mol. The Hall–Kier alpha value is -1.27. The zero-order valence-corrected chi connectivity index (χ0v) is 11.0. The minimum Gasteiger partial charge on any atom is -0.199 e. The quantitative estimate of drug-likeness (QED) is 0.635. The van der Waals surface area contributed by atoms with Crippen molar-refractivity contribution in [3.63, 3.8) is 0 Å². The molecule has 1 aromatic rings. The molecule has 0 aromatic heterocycles. The van der Waals surface area contributed by atoms with E-state index >= 15 is 0 Å². The second-order valence-corrected chi connectivity index (χ2v) is 5.47. The van der Waals surface area contributed by atoms with E-state index in [-0.39, 0.29) is 0 Å². The molecule has 0 amide bonds. The molecule has 0 N–H and O–H groups in total. The largest absolute Gasteiger partial charge is 0.416 e. The predicted molar refractivity (Wildman–Crippen MR) is 59.7 cm³/mol. The Balaban J connectivity index is 3.24. The van der Waals surface area contributed by atoms with Gasteiger partial charge in [-0.15, -0.1) is 0 Å². The van der Waals surface area contributed by atoms with E-state index in [4.69, 9.17) is 0 Å². The van der Waals surface area contributed by atoms with Crippen molar-refractivity contribution in [2.24, 2.45) is 5.41 Å². The molecule has 0 unspecified atom stereocenters. The minimum absolute atomic E-state index is 0.363. The van der Waals surface area contributed by atoms with Crippen LogP contribution < -0.4 is 0 Å². The molecule has 1 aromatic carbocycles. The van der Waals surface area contributed by atoms with E-state index in [1.165, 1.54) is 0 Å². The Morgan fingerprint density at radius 2 is 1.00 bits per heavy atom. The topological polar surface area (TPSA) is 0 Å². The van der Waals surface area contributed by atoms with Crippen LogP contribution in [0.25, 0.3) is 0 Å². The molecule has 0 nitrogen and oxygen atoms in total. The molecule has 0 aliphatic heterocycles. The molecule has 0 fully saturated rings. The average molecular weight is 302 g/mol. The maximum absolute atomic E-state index is 13.8. The monoisotopic (exact) mass is 302 g/mol. The van der Waals surface area contributed by atoms with Crippen molar-refractivity contribution in [2.75, 3.05) is 0 Å². The Morgan fingerprint density at radius 1 is 0.650 bits per heavy atom. The van der Waals surface area contributed by atoms with Crippen molar-refractivity contribution >= 4 is 0 Å². The normalized spacial score (nSPS) is 14.5. The van der Waals surface area contributed by atoms with E-state index in [0.29, 0.717) is 24.3 Å². The van der Waals surface area contributed by atoms with Crippen molar-refractivity contribution < 1.29 is 30.7 Å². The van der Waals surface area contributed by atoms with Crippen LogP contribution in [0.5, 0.6) is 0 Å². The Labute approximate surface area is 111 Å². The summed E-state index contributed by atoms with van der Waals surface area (Å²) in [6, 6.07) is 1.48. The van der Waals surface area contributed by atoms with Crippen LogP contribution in [0.1, 0.15) is 31.9 Å².